The van der Waals surface area contributed by atoms with Crippen molar-refractivity contribution in [3.8, 4) is 11.5 Å². The number of sulfonamides is 1. The quantitative estimate of drug-likeness (QED) is 0.540. The van der Waals surface area contributed by atoms with E-state index in [0.29, 0.717) is 17.9 Å². The molecule has 0 bridgehead atoms. The van der Waals surface area contributed by atoms with Crippen LogP contribution in [0, 0.1) is 11.6 Å². The predicted octanol–water partition coefficient (Wildman–Crippen LogP) is 3.80. The summed E-state index contributed by atoms with van der Waals surface area (Å²) in [7, 11) is -0.676. The van der Waals surface area contributed by atoms with Gasteiger partial charge in [0.15, 0.2) is 23.1 Å². The third-order valence-corrected chi connectivity index (χ3v) is 6.10. The van der Waals surface area contributed by atoms with Crippen LogP contribution in [0.4, 0.5) is 14.5 Å². The molecule has 0 aliphatic heterocycles. The summed E-state index contributed by atoms with van der Waals surface area (Å²) in [5.41, 5.74) is 0.849. The van der Waals surface area contributed by atoms with Crippen molar-refractivity contribution in [2.75, 3.05) is 31.3 Å². The van der Waals surface area contributed by atoms with Crippen molar-refractivity contribution in [2.45, 2.75) is 32.2 Å². The maximum atomic E-state index is 13.5. The van der Waals surface area contributed by atoms with Crippen LogP contribution in [0.2, 0.25) is 0 Å². The molecular weight excluding hydrogens is 442 g/mol. The summed E-state index contributed by atoms with van der Waals surface area (Å²) in [6.07, 6.45) is 1.85. The monoisotopic (exact) mass is 470 g/mol. The molecule has 1 amide bonds. The molecule has 10 heteroatoms. The fraction of sp³-hybridized carbons (Fsp3) is 0.409. The Balaban J connectivity index is 2.03. The first-order chi connectivity index (χ1) is 15.1. The fourth-order valence-electron chi connectivity index (χ4n) is 3.27. The van der Waals surface area contributed by atoms with Crippen molar-refractivity contribution < 1.29 is 31.5 Å². The molecule has 1 N–H and O–H groups in total. The summed E-state index contributed by atoms with van der Waals surface area (Å²) < 4.78 is 62.5. The average Bonchev–Trinajstić information content (AvgIpc) is 2.75. The van der Waals surface area contributed by atoms with Crippen LogP contribution in [-0.2, 0) is 14.8 Å². The number of halogens is 2. The largest absolute Gasteiger partial charge is 0.493 e. The number of anilines is 1. The molecule has 2 aromatic carbocycles. The van der Waals surface area contributed by atoms with E-state index in [1.54, 1.807) is 12.1 Å². The Hall–Kier alpha value is -2.88. The molecule has 7 nitrogen and oxygen atoms in total. The molecule has 0 saturated heterocycles. The number of hydrogen-bond donors (Lipinski definition) is 1. The summed E-state index contributed by atoms with van der Waals surface area (Å²) in [6.45, 7) is 1.88. The van der Waals surface area contributed by atoms with Crippen LogP contribution >= 0.6 is 0 Å². The molecule has 0 aliphatic carbocycles. The Bertz CT molecular complexity index is 1050. The Labute approximate surface area is 187 Å². The molecule has 0 aromatic heterocycles. The molecule has 1 atom stereocenters. The van der Waals surface area contributed by atoms with Crippen LogP contribution in [0.3, 0.4) is 0 Å². The Morgan fingerprint density at radius 3 is 2.31 bits per heavy atom. The number of carbonyl (C=O) groups excluding carboxylic acids is 1. The van der Waals surface area contributed by atoms with Gasteiger partial charge >= 0.3 is 0 Å². The molecule has 0 spiro atoms. The SMILES string of the molecule is CC[C@H](NC(=O)CCCN(c1ccc(F)c(F)c1)S(C)(=O)=O)c1ccc(OC)c(OC)c1. The van der Waals surface area contributed by atoms with Gasteiger partial charge in [-0.3, -0.25) is 9.10 Å². The number of amides is 1. The number of methoxy groups -OCH3 is 2. The number of carbonyl (C=O) groups is 1. The zero-order valence-corrected chi connectivity index (χ0v) is 19.3. The standard InChI is InChI=1S/C22H28F2N2O5S/c1-5-19(15-8-11-20(30-2)21(13-15)31-3)25-22(27)7-6-12-26(32(4,28)29)16-9-10-17(23)18(24)14-16/h8-11,13-14,19H,5-7,12H2,1-4H3,(H,25,27)/t19-/m0/s1. The average molecular weight is 471 g/mol. The van der Waals surface area contributed by atoms with E-state index in [1.807, 2.05) is 13.0 Å². The number of rotatable bonds is 11. The van der Waals surface area contributed by atoms with Gasteiger partial charge in [0.05, 0.1) is 32.2 Å². The molecular formula is C22H28F2N2O5S. The minimum absolute atomic E-state index is 0.00331. The van der Waals surface area contributed by atoms with Crippen molar-refractivity contribution in [3.05, 3.63) is 53.6 Å². The summed E-state index contributed by atoms with van der Waals surface area (Å²) in [6, 6.07) is 8.00. The molecule has 0 unspecified atom stereocenters. The van der Waals surface area contributed by atoms with E-state index < -0.39 is 21.7 Å². The van der Waals surface area contributed by atoms with Gasteiger partial charge in [-0.1, -0.05) is 13.0 Å². The van der Waals surface area contributed by atoms with Gasteiger partial charge in [-0.2, -0.15) is 0 Å². The number of nitrogens with one attached hydrogen (secondary N) is 1. The highest BCUT2D eigenvalue weighted by atomic mass is 32.2. The highest BCUT2D eigenvalue weighted by Crippen LogP contribution is 2.31. The second-order valence-corrected chi connectivity index (χ2v) is 9.09. The second kappa shape index (κ2) is 11.1. The predicted molar refractivity (Wildman–Crippen MR) is 119 cm³/mol. The second-order valence-electron chi connectivity index (χ2n) is 7.18. The summed E-state index contributed by atoms with van der Waals surface area (Å²) in [5.74, 6) is -1.34. The topological polar surface area (TPSA) is 84.9 Å². The van der Waals surface area contributed by atoms with Crippen molar-refractivity contribution in [1.82, 2.24) is 5.32 Å². The highest BCUT2D eigenvalue weighted by molar-refractivity contribution is 7.92. The zero-order chi connectivity index (χ0) is 23.9. The van der Waals surface area contributed by atoms with E-state index in [-0.39, 0.29) is 37.0 Å². The molecule has 0 aliphatic rings. The maximum absolute atomic E-state index is 13.5. The van der Waals surface area contributed by atoms with E-state index >= 15 is 0 Å². The smallest absolute Gasteiger partial charge is 0.232 e. The molecule has 0 radical (unpaired) electrons. The lowest BCUT2D eigenvalue weighted by atomic mass is 10.0. The van der Waals surface area contributed by atoms with Gasteiger partial charge in [0.2, 0.25) is 15.9 Å². The summed E-state index contributed by atoms with van der Waals surface area (Å²) in [5, 5.41) is 2.93. The van der Waals surface area contributed by atoms with Gasteiger partial charge < -0.3 is 14.8 Å². The van der Waals surface area contributed by atoms with Crippen LogP contribution in [0.25, 0.3) is 0 Å². The van der Waals surface area contributed by atoms with Gasteiger partial charge in [-0.15, -0.1) is 0 Å². The van der Waals surface area contributed by atoms with Crippen LogP contribution in [-0.4, -0.2) is 41.3 Å². The lowest BCUT2D eigenvalue weighted by Gasteiger charge is -2.23. The zero-order valence-electron chi connectivity index (χ0n) is 18.5. The van der Waals surface area contributed by atoms with Crippen molar-refractivity contribution in [3.63, 3.8) is 0 Å². The van der Waals surface area contributed by atoms with Crippen LogP contribution in [0.5, 0.6) is 11.5 Å². The lowest BCUT2D eigenvalue weighted by Crippen LogP contribution is -2.33. The maximum Gasteiger partial charge on any atom is 0.232 e. The van der Waals surface area contributed by atoms with Gasteiger partial charge in [-0.25, -0.2) is 17.2 Å². The first-order valence-electron chi connectivity index (χ1n) is 10.0. The van der Waals surface area contributed by atoms with Crippen molar-refractivity contribution >= 4 is 21.6 Å². The lowest BCUT2D eigenvalue weighted by molar-refractivity contribution is -0.121. The molecule has 2 aromatic rings. The van der Waals surface area contributed by atoms with Gasteiger partial charge in [0.1, 0.15) is 0 Å². The number of nitrogens with zero attached hydrogens (tertiary/aromatic N) is 1. The molecule has 0 fully saturated rings. The number of ether oxygens (including phenoxy) is 2. The first-order valence-corrected chi connectivity index (χ1v) is 11.9. The van der Waals surface area contributed by atoms with Crippen molar-refractivity contribution in [2.24, 2.45) is 0 Å². The van der Waals surface area contributed by atoms with Crippen LogP contribution in [0.1, 0.15) is 37.8 Å². The molecule has 32 heavy (non-hydrogen) atoms. The molecule has 2 rings (SSSR count). The molecule has 0 heterocycles. The van der Waals surface area contributed by atoms with Crippen LogP contribution in [0.15, 0.2) is 36.4 Å². The third-order valence-electron chi connectivity index (χ3n) is 4.91. The van der Waals surface area contributed by atoms with E-state index in [9.17, 15) is 22.0 Å². The third kappa shape index (κ3) is 6.56. The van der Waals surface area contributed by atoms with Crippen molar-refractivity contribution in [1.29, 1.82) is 0 Å². The normalized spacial score (nSPS) is 12.2. The van der Waals surface area contributed by atoms with E-state index in [2.05, 4.69) is 5.32 Å². The Morgan fingerprint density at radius 2 is 1.75 bits per heavy atom. The summed E-state index contributed by atoms with van der Waals surface area (Å²) in [4.78, 5) is 12.5. The Morgan fingerprint density at radius 1 is 1.06 bits per heavy atom. The van der Waals surface area contributed by atoms with Gasteiger partial charge in [0, 0.05) is 19.0 Å². The van der Waals surface area contributed by atoms with E-state index in [1.165, 1.54) is 20.3 Å². The highest BCUT2D eigenvalue weighted by Gasteiger charge is 2.20. The number of hydrogen-bond acceptors (Lipinski definition) is 5. The van der Waals surface area contributed by atoms with Crippen LogP contribution < -0.4 is 19.1 Å². The van der Waals surface area contributed by atoms with Gasteiger partial charge in [0.25, 0.3) is 0 Å². The summed E-state index contributed by atoms with van der Waals surface area (Å²) >= 11 is 0. The molecule has 0 saturated carbocycles. The van der Waals surface area contributed by atoms with Gasteiger partial charge in [-0.05, 0) is 42.7 Å². The Kier molecular flexibility index (Phi) is 8.82. The van der Waals surface area contributed by atoms with E-state index in [0.717, 1.165) is 28.3 Å². The van der Waals surface area contributed by atoms with E-state index in [4.69, 9.17) is 9.47 Å². The fourth-order valence-corrected chi connectivity index (χ4v) is 4.22. The minimum Gasteiger partial charge on any atom is -0.493 e. The number of benzene rings is 2. The first kappa shape index (κ1) is 25.4. The molecule has 176 valence electrons. The minimum atomic E-state index is -3.74.